The maximum Gasteiger partial charge on any atom is 0.177 e. The Morgan fingerprint density at radius 2 is 1.54 bits per heavy atom. The van der Waals surface area contributed by atoms with Gasteiger partial charge in [0.15, 0.2) is 5.60 Å². The molecule has 2 aromatic rings. The topological polar surface area (TPSA) is 29.5 Å². The summed E-state index contributed by atoms with van der Waals surface area (Å²) in [4.78, 5) is 0. The SMILES string of the molecule is C#CC1(O)c2ccccc2CCc2ccc(OC)cc21.CC.CC. The standard InChI is InChI=1S/C18H16O2.2C2H6/c1-3-18(19)16-7-5-4-6-13(16)8-9-14-10-11-15(20-2)12-17(14)18;2*1-2/h1,4-7,10-12,19H,8-9H2,2H3;2*1-2H3. The molecule has 0 radical (unpaired) electrons. The van der Waals surface area contributed by atoms with E-state index in [1.54, 1.807) is 7.11 Å². The van der Waals surface area contributed by atoms with Gasteiger partial charge in [0.05, 0.1) is 7.11 Å². The third-order valence-electron chi connectivity index (χ3n) is 3.99. The van der Waals surface area contributed by atoms with Crippen molar-refractivity contribution in [2.75, 3.05) is 7.11 Å². The Morgan fingerprint density at radius 1 is 0.958 bits per heavy atom. The summed E-state index contributed by atoms with van der Waals surface area (Å²) < 4.78 is 5.27. The third-order valence-corrected chi connectivity index (χ3v) is 3.99. The summed E-state index contributed by atoms with van der Waals surface area (Å²) in [5.41, 5.74) is 2.33. The molecule has 0 heterocycles. The highest BCUT2D eigenvalue weighted by Gasteiger charge is 2.35. The zero-order chi connectivity index (χ0) is 18.2. The van der Waals surface area contributed by atoms with Gasteiger partial charge in [-0.1, -0.05) is 63.9 Å². The highest BCUT2D eigenvalue weighted by Crippen LogP contribution is 2.38. The Morgan fingerprint density at radius 3 is 2.12 bits per heavy atom. The number of aliphatic hydroxyl groups is 1. The van der Waals surface area contributed by atoms with Gasteiger partial charge in [-0.05, 0) is 36.1 Å². The van der Waals surface area contributed by atoms with Crippen molar-refractivity contribution in [2.45, 2.75) is 46.1 Å². The second-order valence-corrected chi connectivity index (χ2v) is 5.03. The summed E-state index contributed by atoms with van der Waals surface area (Å²) in [5.74, 6) is 3.29. The van der Waals surface area contributed by atoms with Gasteiger partial charge in [0.25, 0.3) is 0 Å². The van der Waals surface area contributed by atoms with Gasteiger partial charge in [0.1, 0.15) is 5.75 Å². The minimum atomic E-state index is -1.39. The Hall–Kier alpha value is -2.24. The van der Waals surface area contributed by atoms with Gasteiger partial charge in [0.2, 0.25) is 0 Å². The van der Waals surface area contributed by atoms with Crippen molar-refractivity contribution >= 4 is 0 Å². The van der Waals surface area contributed by atoms with Gasteiger partial charge in [-0.2, -0.15) is 0 Å². The first-order chi connectivity index (χ1) is 11.7. The number of methoxy groups -OCH3 is 1. The van der Waals surface area contributed by atoms with E-state index in [1.807, 2.05) is 70.2 Å². The number of hydrogen-bond acceptors (Lipinski definition) is 2. The van der Waals surface area contributed by atoms with Crippen LogP contribution in [-0.4, -0.2) is 12.2 Å². The van der Waals surface area contributed by atoms with Crippen molar-refractivity contribution in [1.29, 1.82) is 0 Å². The first kappa shape index (κ1) is 19.8. The van der Waals surface area contributed by atoms with E-state index in [0.717, 1.165) is 35.1 Å². The van der Waals surface area contributed by atoms with E-state index < -0.39 is 5.60 Å². The Bertz CT molecular complexity index is 697. The van der Waals surface area contributed by atoms with E-state index in [0.29, 0.717) is 5.75 Å². The first-order valence-corrected chi connectivity index (χ1v) is 8.65. The predicted octanol–water partition coefficient (Wildman–Crippen LogP) is 4.72. The zero-order valence-corrected chi connectivity index (χ0v) is 15.4. The zero-order valence-electron chi connectivity index (χ0n) is 15.4. The van der Waals surface area contributed by atoms with Gasteiger partial charge in [-0.15, -0.1) is 6.42 Å². The van der Waals surface area contributed by atoms with Crippen LogP contribution in [0.1, 0.15) is 49.9 Å². The van der Waals surface area contributed by atoms with Crippen LogP contribution >= 0.6 is 0 Å². The summed E-state index contributed by atoms with van der Waals surface area (Å²) in [6.45, 7) is 8.00. The molecule has 0 aromatic heterocycles. The average Bonchev–Trinajstić information content (AvgIpc) is 2.80. The van der Waals surface area contributed by atoms with Gasteiger partial charge < -0.3 is 9.84 Å². The average molecular weight is 324 g/mol. The molecule has 3 rings (SSSR count). The van der Waals surface area contributed by atoms with Crippen molar-refractivity contribution in [1.82, 2.24) is 0 Å². The minimum Gasteiger partial charge on any atom is -0.497 e. The lowest BCUT2D eigenvalue weighted by atomic mass is 9.84. The molecular formula is C22H28O2. The van der Waals surface area contributed by atoms with Crippen molar-refractivity contribution in [3.63, 3.8) is 0 Å². The van der Waals surface area contributed by atoms with Crippen LogP contribution in [0, 0.1) is 12.3 Å². The lowest BCUT2D eigenvalue weighted by molar-refractivity contribution is 0.144. The van der Waals surface area contributed by atoms with E-state index in [4.69, 9.17) is 11.2 Å². The van der Waals surface area contributed by atoms with E-state index in [-0.39, 0.29) is 0 Å². The Balaban J connectivity index is 0.000000671. The number of aryl methyl sites for hydroxylation is 2. The summed E-state index contributed by atoms with van der Waals surface area (Å²) in [5, 5.41) is 11.1. The summed E-state index contributed by atoms with van der Waals surface area (Å²) in [6, 6.07) is 13.6. The second-order valence-electron chi connectivity index (χ2n) is 5.03. The van der Waals surface area contributed by atoms with Crippen molar-refractivity contribution in [3.05, 3.63) is 64.7 Å². The molecule has 0 amide bonds. The summed E-state index contributed by atoms with van der Waals surface area (Å²) in [7, 11) is 1.61. The van der Waals surface area contributed by atoms with Crippen LogP contribution in [0.2, 0.25) is 0 Å². The molecule has 1 unspecified atom stereocenters. The van der Waals surface area contributed by atoms with Crippen LogP contribution in [0.4, 0.5) is 0 Å². The summed E-state index contributed by atoms with van der Waals surface area (Å²) in [6.07, 6.45) is 7.42. The number of rotatable bonds is 1. The van der Waals surface area contributed by atoms with Crippen LogP contribution < -0.4 is 4.74 Å². The molecule has 0 aliphatic heterocycles. The smallest absolute Gasteiger partial charge is 0.177 e. The van der Waals surface area contributed by atoms with Gasteiger partial charge >= 0.3 is 0 Å². The van der Waals surface area contributed by atoms with Gasteiger partial charge in [0, 0.05) is 11.1 Å². The normalized spacial score (nSPS) is 17.4. The predicted molar refractivity (Wildman–Crippen MR) is 101 cm³/mol. The molecule has 1 aliphatic rings. The van der Waals surface area contributed by atoms with Crippen molar-refractivity contribution in [3.8, 4) is 18.1 Å². The van der Waals surface area contributed by atoms with Crippen molar-refractivity contribution in [2.24, 2.45) is 0 Å². The third kappa shape index (κ3) is 3.63. The number of fused-ring (bicyclic) bond motifs is 2. The quantitative estimate of drug-likeness (QED) is 0.769. The van der Waals surface area contributed by atoms with Crippen LogP contribution in [0.5, 0.6) is 5.75 Å². The highest BCUT2D eigenvalue weighted by atomic mass is 16.5. The minimum absolute atomic E-state index is 0.705. The molecule has 1 N–H and O–H groups in total. The number of hydrogen-bond donors (Lipinski definition) is 1. The molecule has 0 fully saturated rings. The van der Waals surface area contributed by atoms with Gasteiger partial charge in [-0.3, -0.25) is 0 Å². The largest absolute Gasteiger partial charge is 0.497 e. The van der Waals surface area contributed by atoms with E-state index in [9.17, 15) is 5.11 Å². The first-order valence-electron chi connectivity index (χ1n) is 8.65. The van der Waals surface area contributed by atoms with Crippen LogP contribution in [0.15, 0.2) is 42.5 Å². The van der Waals surface area contributed by atoms with E-state index in [2.05, 4.69) is 5.92 Å². The second kappa shape index (κ2) is 9.15. The molecule has 1 atom stereocenters. The Labute approximate surface area is 146 Å². The fourth-order valence-corrected chi connectivity index (χ4v) is 2.90. The maximum absolute atomic E-state index is 11.1. The molecule has 0 saturated carbocycles. The fraction of sp³-hybridized carbons (Fsp3) is 0.364. The maximum atomic E-state index is 11.1. The highest BCUT2D eigenvalue weighted by molar-refractivity contribution is 5.54. The van der Waals surface area contributed by atoms with E-state index >= 15 is 0 Å². The molecule has 128 valence electrons. The molecular weight excluding hydrogens is 296 g/mol. The van der Waals surface area contributed by atoms with Crippen LogP contribution in [0.25, 0.3) is 0 Å². The fourth-order valence-electron chi connectivity index (χ4n) is 2.90. The summed E-state index contributed by atoms with van der Waals surface area (Å²) >= 11 is 0. The molecule has 0 saturated heterocycles. The van der Waals surface area contributed by atoms with Crippen LogP contribution in [0.3, 0.4) is 0 Å². The Kier molecular flexibility index (Phi) is 7.55. The van der Waals surface area contributed by atoms with Crippen molar-refractivity contribution < 1.29 is 9.84 Å². The van der Waals surface area contributed by atoms with Crippen LogP contribution in [-0.2, 0) is 18.4 Å². The molecule has 2 heteroatoms. The number of ether oxygens (including phenoxy) is 1. The number of terminal acetylenes is 1. The molecule has 1 aliphatic carbocycles. The molecule has 2 nitrogen and oxygen atoms in total. The number of benzene rings is 2. The monoisotopic (exact) mass is 324 g/mol. The molecule has 24 heavy (non-hydrogen) atoms. The molecule has 2 aromatic carbocycles. The van der Waals surface area contributed by atoms with Gasteiger partial charge in [-0.25, -0.2) is 0 Å². The lowest BCUT2D eigenvalue weighted by Crippen LogP contribution is -2.26. The lowest BCUT2D eigenvalue weighted by Gasteiger charge is -2.25. The molecule has 0 spiro atoms. The molecule has 0 bridgehead atoms. The van der Waals surface area contributed by atoms with E-state index in [1.165, 1.54) is 0 Å².